The highest BCUT2D eigenvalue weighted by atomic mass is 16.5. The van der Waals surface area contributed by atoms with Crippen LogP contribution in [-0.2, 0) is 9.53 Å². The first-order valence-electron chi connectivity index (χ1n) is 3.54. The van der Waals surface area contributed by atoms with Crippen LogP contribution < -0.4 is 5.73 Å². The van der Waals surface area contributed by atoms with Crippen molar-refractivity contribution in [3.8, 4) is 11.8 Å². The lowest BCUT2D eigenvalue weighted by Gasteiger charge is -1.99. The topological polar surface area (TPSA) is 52.3 Å². The van der Waals surface area contributed by atoms with Gasteiger partial charge < -0.3 is 10.5 Å². The van der Waals surface area contributed by atoms with E-state index in [1.54, 1.807) is 0 Å². The van der Waals surface area contributed by atoms with Crippen LogP contribution in [0, 0.1) is 11.8 Å². The first-order chi connectivity index (χ1) is 5.22. The van der Waals surface area contributed by atoms with Gasteiger partial charge in [0.25, 0.3) is 0 Å². The molecule has 0 saturated heterocycles. The van der Waals surface area contributed by atoms with Crippen LogP contribution in [0.2, 0.25) is 0 Å². The highest BCUT2D eigenvalue weighted by Crippen LogP contribution is 1.84. The summed E-state index contributed by atoms with van der Waals surface area (Å²) in [5.74, 6) is 4.88. The Labute approximate surface area is 66.9 Å². The minimum atomic E-state index is -0.786. The number of methoxy groups -OCH3 is 1. The zero-order valence-electron chi connectivity index (χ0n) is 6.89. The number of nitrogens with two attached hydrogens (primary N) is 1. The lowest BCUT2D eigenvalue weighted by molar-refractivity contribution is -0.140. The van der Waals surface area contributed by atoms with Crippen LogP contribution in [0.4, 0.5) is 0 Å². The second-order valence-electron chi connectivity index (χ2n) is 2.07. The van der Waals surface area contributed by atoms with Crippen molar-refractivity contribution in [1.82, 2.24) is 0 Å². The van der Waals surface area contributed by atoms with Gasteiger partial charge in [0.2, 0.25) is 0 Å². The molecule has 0 bridgehead atoms. The molecule has 1 atom stereocenters. The molecule has 0 spiro atoms. The Morgan fingerprint density at radius 1 is 1.73 bits per heavy atom. The fraction of sp³-hybridized carbons (Fsp3) is 0.625. The fourth-order valence-electron chi connectivity index (χ4n) is 0.493. The summed E-state index contributed by atoms with van der Waals surface area (Å²) in [7, 11) is 1.30. The molecule has 62 valence electrons. The summed E-state index contributed by atoms with van der Waals surface area (Å²) >= 11 is 0. The summed E-state index contributed by atoms with van der Waals surface area (Å²) in [4.78, 5) is 10.7. The molecule has 11 heavy (non-hydrogen) atoms. The second kappa shape index (κ2) is 5.75. The molecular weight excluding hydrogens is 142 g/mol. The predicted molar refractivity (Wildman–Crippen MR) is 42.7 cm³/mol. The third-order valence-corrected chi connectivity index (χ3v) is 1.09. The molecule has 3 nitrogen and oxygen atoms in total. The molecule has 0 saturated carbocycles. The number of rotatable bonds is 2. The normalized spacial score (nSPS) is 11.2. The first kappa shape index (κ1) is 9.99. The van der Waals surface area contributed by atoms with Crippen molar-refractivity contribution in [2.24, 2.45) is 5.73 Å². The van der Waals surface area contributed by atoms with E-state index in [4.69, 9.17) is 5.73 Å². The maximum Gasteiger partial charge on any atom is 0.335 e. The summed E-state index contributed by atoms with van der Waals surface area (Å²) in [6.45, 7) is 2.01. The molecule has 0 aromatic carbocycles. The molecule has 2 N–H and O–H groups in total. The molecule has 0 amide bonds. The van der Waals surface area contributed by atoms with Crippen LogP contribution in [0.3, 0.4) is 0 Å². The summed E-state index contributed by atoms with van der Waals surface area (Å²) in [5.41, 5.74) is 5.32. The van der Waals surface area contributed by atoms with Crippen LogP contribution in [0.5, 0.6) is 0 Å². The zero-order chi connectivity index (χ0) is 8.69. The van der Waals surface area contributed by atoms with Gasteiger partial charge in [0.05, 0.1) is 7.11 Å². The quantitative estimate of drug-likeness (QED) is 0.460. The van der Waals surface area contributed by atoms with Gasteiger partial charge >= 0.3 is 5.97 Å². The Morgan fingerprint density at radius 2 is 2.36 bits per heavy atom. The molecule has 0 heterocycles. The van der Waals surface area contributed by atoms with Gasteiger partial charge in [0.15, 0.2) is 6.04 Å². The highest BCUT2D eigenvalue weighted by Gasteiger charge is 2.08. The molecule has 0 aliphatic heterocycles. The average Bonchev–Trinajstić information content (AvgIpc) is 2.03. The van der Waals surface area contributed by atoms with Gasteiger partial charge in [-0.25, -0.2) is 4.79 Å². The van der Waals surface area contributed by atoms with Crippen LogP contribution in [0.1, 0.15) is 19.8 Å². The number of hydrogen-bond donors (Lipinski definition) is 1. The third-order valence-electron chi connectivity index (χ3n) is 1.09. The summed E-state index contributed by atoms with van der Waals surface area (Å²) in [6, 6.07) is -0.786. The Bertz CT molecular complexity index is 178. The molecular formula is C8H13NO2. The molecule has 0 aliphatic carbocycles. The lowest BCUT2D eigenvalue weighted by atomic mass is 10.3. The van der Waals surface area contributed by atoms with E-state index in [2.05, 4.69) is 16.6 Å². The van der Waals surface area contributed by atoms with E-state index in [0.29, 0.717) is 0 Å². The van der Waals surface area contributed by atoms with Crippen molar-refractivity contribution < 1.29 is 9.53 Å². The minimum absolute atomic E-state index is 0.478. The van der Waals surface area contributed by atoms with Gasteiger partial charge in [0, 0.05) is 6.42 Å². The van der Waals surface area contributed by atoms with Crippen molar-refractivity contribution in [2.45, 2.75) is 25.8 Å². The van der Waals surface area contributed by atoms with Gasteiger partial charge in [-0.05, 0) is 6.42 Å². The number of unbranched alkanes of at least 4 members (excludes halogenated alkanes) is 1. The Morgan fingerprint density at radius 3 is 2.82 bits per heavy atom. The molecule has 0 rings (SSSR count). The number of carbonyl (C=O) groups excluding carboxylic acids is 1. The average molecular weight is 155 g/mol. The first-order valence-corrected chi connectivity index (χ1v) is 3.54. The molecule has 0 fully saturated rings. The number of carbonyl (C=O) groups is 1. The summed E-state index contributed by atoms with van der Waals surface area (Å²) in [5, 5.41) is 0. The smallest absolute Gasteiger partial charge is 0.335 e. The van der Waals surface area contributed by atoms with Crippen LogP contribution in [0.15, 0.2) is 0 Å². The minimum Gasteiger partial charge on any atom is -0.467 e. The van der Waals surface area contributed by atoms with E-state index in [-0.39, 0.29) is 0 Å². The van der Waals surface area contributed by atoms with Gasteiger partial charge in [-0.2, -0.15) is 0 Å². The van der Waals surface area contributed by atoms with Crippen LogP contribution >= 0.6 is 0 Å². The molecule has 0 radical (unpaired) electrons. The third kappa shape index (κ3) is 4.40. The molecule has 0 aromatic heterocycles. The lowest BCUT2D eigenvalue weighted by Crippen LogP contribution is -2.29. The molecule has 0 aliphatic rings. The Balaban J connectivity index is 3.78. The standard InChI is InChI=1S/C8H13NO2/c1-3-4-5-6-7(9)8(10)11-2/h7H,3-4,9H2,1-2H3. The number of esters is 1. The van der Waals surface area contributed by atoms with E-state index >= 15 is 0 Å². The Kier molecular flexibility index (Phi) is 5.22. The van der Waals surface area contributed by atoms with Crippen molar-refractivity contribution in [1.29, 1.82) is 0 Å². The maximum atomic E-state index is 10.7. The van der Waals surface area contributed by atoms with Crippen LogP contribution in [-0.4, -0.2) is 19.1 Å². The van der Waals surface area contributed by atoms with Crippen molar-refractivity contribution >= 4 is 5.97 Å². The van der Waals surface area contributed by atoms with Crippen molar-refractivity contribution in [2.75, 3.05) is 7.11 Å². The van der Waals surface area contributed by atoms with Crippen LogP contribution in [0.25, 0.3) is 0 Å². The molecule has 3 heteroatoms. The fourth-order valence-corrected chi connectivity index (χ4v) is 0.493. The van der Waals surface area contributed by atoms with E-state index in [1.807, 2.05) is 6.92 Å². The largest absolute Gasteiger partial charge is 0.467 e. The Hall–Kier alpha value is -1.01. The highest BCUT2D eigenvalue weighted by molar-refractivity contribution is 5.78. The van der Waals surface area contributed by atoms with Gasteiger partial charge in [-0.15, -0.1) is 5.92 Å². The SMILES string of the molecule is CCCC#CC(N)C(=O)OC. The van der Waals surface area contributed by atoms with E-state index in [0.717, 1.165) is 12.8 Å². The van der Waals surface area contributed by atoms with Gasteiger partial charge in [-0.3, -0.25) is 0 Å². The van der Waals surface area contributed by atoms with Gasteiger partial charge in [-0.1, -0.05) is 12.8 Å². The number of hydrogen-bond acceptors (Lipinski definition) is 3. The summed E-state index contributed by atoms with van der Waals surface area (Å²) in [6.07, 6.45) is 1.74. The molecule has 0 aromatic rings. The second-order valence-corrected chi connectivity index (χ2v) is 2.07. The predicted octanol–water partition coefficient (Wildman–Crippen LogP) is 0.290. The van der Waals surface area contributed by atoms with Gasteiger partial charge in [0.1, 0.15) is 0 Å². The monoisotopic (exact) mass is 155 g/mol. The van der Waals surface area contributed by atoms with E-state index in [9.17, 15) is 4.79 Å². The maximum absolute atomic E-state index is 10.7. The van der Waals surface area contributed by atoms with Crippen molar-refractivity contribution in [3.63, 3.8) is 0 Å². The summed E-state index contributed by atoms with van der Waals surface area (Å²) < 4.78 is 4.38. The van der Waals surface area contributed by atoms with E-state index < -0.39 is 12.0 Å². The van der Waals surface area contributed by atoms with E-state index in [1.165, 1.54) is 7.11 Å². The van der Waals surface area contributed by atoms with Crippen molar-refractivity contribution in [3.05, 3.63) is 0 Å². The number of ether oxygens (including phenoxy) is 1. The molecule has 1 unspecified atom stereocenters. The zero-order valence-corrected chi connectivity index (χ0v) is 6.89.